The van der Waals surface area contributed by atoms with Crippen molar-refractivity contribution in [2.45, 2.75) is 25.5 Å². The Labute approximate surface area is 119 Å². The molecule has 0 bridgehead atoms. The molecule has 0 saturated carbocycles. The number of rotatable bonds is 5. The van der Waals surface area contributed by atoms with Crippen molar-refractivity contribution in [3.63, 3.8) is 0 Å². The summed E-state index contributed by atoms with van der Waals surface area (Å²) in [5, 5.41) is 5.52. The van der Waals surface area contributed by atoms with Gasteiger partial charge >= 0.3 is 0 Å². The molecule has 20 heavy (non-hydrogen) atoms. The van der Waals surface area contributed by atoms with E-state index in [0.717, 1.165) is 6.26 Å². The van der Waals surface area contributed by atoms with E-state index in [2.05, 4.69) is 15.6 Å². The molecule has 7 heteroatoms. The summed E-state index contributed by atoms with van der Waals surface area (Å²) in [7, 11) is -1.52. The normalized spacial score (nSPS) is 12.1. The average Bonchev–Trinajstić information content (AvgIpc) is 2.33. The summed E-state index contributed by atoms with van der Waals surface area (Å²) in [6.07, 6.45) is 1.16. The number of amides is 1. The fourth-order valence-electron chi connectivity index (χ4n) is 1.45. The molecule has 0 aliphatic rings. The van der Waals surface area contributed by atoms with E-state index in [4.69, 9.17) is 0 Å². The highest BCUT2D eigenvalue weighted by Crippen LogP contribution is 2.14. The maximum Gasteiger partial charge on any atom is 0.251 e. The minimum Gasteiger partial charge on any atom is -0.373 e. The molecule has 2 N–H and O–H groups in total. The van der Waals surface area contributed by atoms with Gasteiger partial charge in [-0.3, -0.25) is 4.79 Å². The SMILES string of the molecule is CNc1cc(C(=O)NCC(C)(C)S(C)(=O)=O)cc(C)n1. The second-order valence-electron chi connectivity index (χ2n) is 5.35. The van der Waals surface area contributed by atoms with Gasteiger partial charge in [-0.1, -0.05) is 0 Å². The number of pyridine rings is 1. The Hall–Kier alpha value is -1.63. The monoisotopic (exact) mass is 299 g/mol. The smallest absolute Gasteiger partial charge is 0.251 e. The molecular weight excluding hydrogens is 278 g/mol. The fourth-order valence-corrected chi connectivity index (χ4v) is 1.79. The number of hydrogen-bond donors (Lipinski definition) is 2. The highest BCUT2D eigenvalue weighted by molar-refractivity contribution is 7.92. The van der Waals surface area contributed by atoms with Gasteiger partial charge in [-0.15, -0.1) is 0 Å². The van der Waals surface area contributed by atoms with E-state index in [1.807, 2.05) is 0 Å². The number of aromatic nitrogens is 1. The Morgan fingerprint density at radius 3 is 2.45 bits per heavy atom. The van der Waals surface area contributed by atoms with E-state index in [1.54, 1.807) is 40.0 Å². The third-order valence-corrected chi connectivity index (χ3v) is 5.30. The maximum atomic E-state index is 12.1. The molecule has 1 heterocycles. The van der Waals surface area contributed by atoms with Gasteiger partial charge in [0.1, 0.15) is 5.82 Å². The molecule has 6 nitrogen and oxygen atoms in total. The quantitative estimate of drug-likeness (QED) is 0.846. The van der Waals surface area contributed by atoms with Gasteiger partial charge in [0.15, 0.2) is 9.84 Å². The lowest BCUT2D eigenvalue weighted by Crippen LogP contribution is -2.43. The van der Waals surface area contributed by atoms with E-state index in [-0.39, 0.29) is 12.5 Å². The molecule has 0 aromatic carbocycles. The van der Waals surface area contributed by atoms with Crippen LogP contribution in [-0.2, 0) is 9.84 Å². The minimum absolute atomic E-state index is 0.0565. The van der Waals surface area contributed by atoms with E-state index >= 15 is 0 Å². The van der Waals surface area contributed by atoms with Crippen molar-refractivity contribution in [3.05, 3.63) is 23.4 Å². The van der Waals surface area contributed by atoms with Gasteiger partial charge in [-0.25, -0.2) is 13.4 Å². The molecule has 0 spiro atoms. The Balaban J connectivity index is 2.85. The van der Waals surface area contributed by atoms with Crippen LogP contribution in [0.2, 0.25) is 0 Å². The summed E-state index contributed by atoms with van der Waals surface area (Å²) in [6, 6.07) is 3.28. The van der Waals surface area contributed by atoms with Crippen LogP contribution in [-0.4, -0.2) is 43.9 Å². The van der Waals surface area contributed by atoms with Crippen molar-refractivity contribution in [3.8, 4) is 0 Å². The van der Waals surface area contributed by atoms with Crippen LogP contribution in [0.25, 0.3) is 0 Å². The lowest BCUT2D eigenvalue weighted by atomic mass is 10.1. The molecule has 0 atom stereocenters. The molecule has 1 rings (SSSR count). The molecule has 0 radical (unpaired) electrons. The third kappa shape index (κ3) is 3.93. The van der Waals surface area contributed by atoms with Crippen molar-refractivity contribution in [1.29, 1.82) is 0 Å². The summed E-state index contributed by atoms with van der Waals surface area (Å²) in [5.74, 6) is 0.279. The molecule has 0 saturated heterocycles. The standard InChI is InChI=1S/C13H21N3O3S/c1-9-6-10(7-11(14-4)16-9)12(17)15-8-13(2,3)20(5,18)19/h6-7H,8H2,1-5H3,(H,14,16)(H,15,17). The van der Waals surface area contributed by atoms with E-state index in [1.165, 1.54) is 0 Å². The van der Waals surface area contributed by atoms with Gasteiger partial charge in [-0.05, 0) is 32.9 Å². The Morgan fingerprint density at radius 2 is 1.95 bits per heavy atom. The maximum absolute atomic E-state index is 12.1. The fraction of sp³-hybridized carbons (Fsp3) is 0.538. The van der Waals surface area contributed by atoms with Crippen molar-refractivity contribution in [1.82, 2.24) is 10.3 Å². The first kappa shape index (κ1) is 16.4. The lowest BCUT2D eigenvalue weighted by molar-refractivity contribution is 0.0950. The van der Waals surface area contributed by atoms with Gasteiger partial charge in [0.25, 0.3) is 5.91 Å². The van der Waals surface area contributed by atoms with Crippen LogP contribution < -0.4 is 10.6 Å². The number of nitrogens with zero attached hydrogens (tertiary/aromatic N) is 1. The topological polar surface area (TPSA) is 88.2 Å². The first-order valence-electron chi connectivity index (χ1n) is 6.21. The highest BCUT2D eigenvalue weighted by Gasteiger charge is 2.30. The summed E-state index contributed by atoms with van der Waals surface area (Å²) in [4.78, 5) is 16.3. The third-order valence-electron chi connectivity index (χ3n) is 3.15. The largest absolute Gasteiger partial charge is 0.373 e. The molecule has 1 aromatic rings. The summed E-state index contributed by atoms with van der Waals surface area (Å²) >= 11 is 0. The van der Waals surface area contributed by atoms with Crippen LogP contribution in [0.3, 0.4) is 0 Å². The van der Waals surface area contributed by atoms with E-state index < -0.39 is 14.6 Å². The number of carbonyl (C=O) groups excluding carboxylic acids is 1. The molecule has 0 fully saturated rings. The van der Waals surface area contributed by atoms with E-state index in [9.17, 15) is 13.2 Å². The van der Waals surface area contributed by atoms with Crippen molar-refractivity contribution in [2.75, 3.05) is 25.2 Å². The Bertz CT molecular complexity index is 609. The zero-order chi connectivity index (χ0) is 15.6. The molecule has 1 aromatic heterocycles. The Morgan fingerprint density at radius 1 is 1.35 bits per heavy atom. The van der Waals surface area contributed by atoms with Crippen LogP contribution in [0.4, 0.5) is 5.82 Å². The van der Waals surface area contributed by atoms with Crippen molar-refractivity contribution in [2.24, 2.45) is 0 Å². The van der Waals surface area contributed by atoms with Crippen LogP contribution in [0, 0.1) is 6.92 Å². The van der Waals surface area contributed by atoms with Crippen molar-refractivity contribution >= 4 is 21.6 Å². The predicted molar refractivity (Wildman–Crippen MR) is 79.8 cm³/mol. The number of carbonyl (C=O) groups is 1. The number of anilines is 1. The molecule has 112 valence electrons. The minimum atomic E-state index is -3.24. The Kier molecular flexibility index (Phi) is 4.75. The number of hydrogen-bond acceptors (Lipinski definition) is 5. The van der Waals surface area contributed by atoms with Gasteiger partial charge in [0.05, 0.1) is 4.75 Å². The van der Waals surface area contributed by atoms with Gasteiger partial charge in [0, 0.05) is 31.1 Å². The van der Waals surface area contributed by atoms with E-state index in [0.29, 0.717) is 17.1 Å². The number of sulfone groups is 1. The molecule has 0 aliphatic carbocycles. The van der Waals surface area contributed by atoms with Gasteiger partial charge < -0.3 is 10.6 Å². The lowest BCUT2D eigenvalue weighted by Gasteiger charge is -2.22. The van der Waals surface area contributed by atoms with Crippen LogP contribution in [0.1, 0.15) is 29.9 Å². The number of nitrogens with one attached hydrogen (secondary N) is 2. The second kappa shape index (κ2) is 5.78. The van der Waals surface area contributed by atoms with Crippen LogP contribution >= 0.6 is 0 Å². The zero-order valence-electron chi connectivity index (χ0n) is 12.4. The highest BCUT2D eigenvalue weighted by atomic mass is 32.2. The number of aryl methyl sites for hydroxylation is 1. The predicted octanol–water partition coefficient (Wildman–Crippen LogP) is 0.985. The van der Waals surface area contributed by atoms with Crippen LogP contribution in [0.5, 0.6) is 0 Å². The summed E-state index contributed by atoms with van der Waals surface area (Å²) in [5.41, 5.74) is 1.16. The van der Waals surface area contributed by atoms with Crippen LogP contribution in [0.15, 0.2) is 12.1 Å². The first-order valence-corrected chi connectivity index (χ1v) is 8.10. The zero-order valence-corrected chi connectivity index (χ0v) is 13.3. The van der Waals surface area contributed by atoms with Crippen molar-refractivity contribution < 1.29 is 13.2 Å². The molecule has 1 amide bonds. The second-order valence-corrected chi connectivity index (χ2v) is 8.00. The molecular formula is C13H21N3O3S. The summed E-state index contributed by atoms with van der Waals surface area (Å²) in [6.45, 7) is 5.01. The summed E-state index contributed by atoms with van der Waals surface area (Å²) < 4.78 is 22.2. The van der Waals surface area contributed by atoms with Gasteiger partial charge in [-0.2, -0.15) is 0 Å². The first-order chi connectivity index (χ1) is 9.06. The molecule has 0 aliphatic heterocycles. The molecule has 0 unspecified atom stereocenters. The van der Waals surface area contributed by atoms with Gasteiger partial charge in [0.2, 0.25) is 0 Å². The average molecular weight is 299 g/mol.